The van der Waals surface area contributed by atoms with Gasteiger partial charge in [-0.15, -0.1) is 5.10 Å². The molecule has 0 saturated heterocycles. The van der Waals surface area contributed by atoms with Gasteiger partial charge in [-0.25, -0.2) is 9.37 Å². The Morgan fingerprint density at radius 1 is 1.07 bits per heavy atom. The first-order chi connectivity index (χ1) is 14.6. The molecular formula is C21H18FN7O. The van der Waals surface area contributed by atoms with Crippen LogP contribution in [0.25, 0.3) is 5.69 Å². The first-order valence-electron chi connectivity index (χ1n) is 9.24. The van der Waals surface area contributed by atoms with Gasteiger partial charge in [-0.1, -0.05) is 24.3 Å². The topological polar surface area (TPSA) is 97.6 Å². The van der Waals surface area contributed by atoms with Gasteiger partial charge in [0.15, 0.2) is 5.82 Å². The average molecular weight is 403 g/mol. The van der Waals surface area contributed by atoms with E-state index in [9.17, 15) is 9.18 Å². The number of nitrogens with one attached hydrogen (secondary N) is 2. The lowest BCUT2D eigenvalue weighted by Gasteiger charge is -2.15. The molecule has 1 atom stereocenters. The molecule has 4 rings (SSSR count). The Morgan fingerprint density at radius 3 is 2.70 bits per heavy atom. The molecule has 0 aliphatic carbocycles. The third kappa shape index (κ3) is 4.14. The minimum absolute atomic E-state index is 0.312. The summed E-state index contributed by atoms with van der Waals surface area (Å²) in [5, 5.41) is 17.7. The highest BCUT2D eigenvalue weighted by atomic mass is 19.1. The van der Waals surface area contributed by atoms with E-state index in [1.807, 2.05) is 30.3 Å². The van der Waals surface area contributed by atoms with Crippen molar-refractivity contribution in [2.24, 2.45) is 0 Å². The molecule has 0 aliphatic heterocycles. The van der Waals surface area contributed by atoms with Crippen molar-refractivity contribution >= 4 is 17.4 Å². The van der Waals surface area contributed by atoms with E-state index in [4.69, 9.17) is 0 Å². The number of hydrogen-bond acceptors (Lipinski definition) is 6. The minimum atomic E-state index is -0.477. The summed E-state index contributed by atoms with van der Waals surface area (Å²) in [6.45, 7) is 1.79. The minimum Gasteiger partial charge on any atom is -0.342 e. The molecule has 0 spiro atoms. The van der Waals surface area contributed by atoms with Crippen molar-refractivity contribution in [3.8, 4) is 5.69 Å². The monoisotopic (exact) mass is 403 g/mol. The lowest BCUT2D eigenvalue weighted by molar-refractivity contribution is 0.0938. The number of aromatic nitrogens is 5. The Bertz CT molecular complexity index is 1160. The number of nitrogens with zero attached hydrogens (tertiary/aromatic N) is 5. The molecule has 4 aromatic rings. The number of amides is 1. The largest absolute Gasteiger partial charge is 0.342 e. The van der Waals surface area contributed by atoms with Crippen molar-refractivity contribution in [1.82, 2.24) is 30.5 Å². The van der Waals surface area contributed by atoms with Crippen molar-refractivity contribution in [1.29, 1.82) is 0 Å². The summed E-state index contributed by atoms with van der Waals surface area (Å²) in [4.78, 5) is 17.2. The second-order valence-corrected chi connectivity index (χ2v) is 6.51. The van der Waals surface area contributed by atoms with Crippen LogP contribution in [0.2, 0.25) is 0 Å². The summed E-state index contributed by atoms with van der Waals surface area (Å²) < 4.78 is 15.0. The van der Waals surface area contributed by atoms with E-state index in [0.29, 0.717) is 22.9 Å². The number of pyridine rings is 1. The standard InChI is InChI=1S/C21H18FN7O/c1-14(20-26-27-28-29(20)17-9-3-2-4-10-17)24-21(30)18-11-6-12-23-19(18)25-16-8-5-7-15(22)13-16/h2-14H,1H3,(H,23,25)(H,24,30). The fraction of sp³-hybridized carbons (Fsp3) is 0.0952. The zero-order valence-corrected chi connectivity index (χ0v) is 16.0. The predicted molar refractivity (Wildman–Crippen MR) is 109 cm³/mol. The molecule has 30 heavy (non-hydrogen) atoms. The molecule has 0 fully saturated rings. The Labute approximate surface area is 171 Å². The maximum Gasteiger partial charge on any atom is 0.255 e. The number of rotatable bonds is 6. The van der Waals surface area contributed by atoms with Crippen molar-refractivity contribution in [3.63, 3.8) is 0 Å². The fourth-order valence-corrected chi connectivity index (χ4v) is 2.95. The normalized spacial score (nSPS) is 11.7. The SMILES string of the molecule is CC(NC(=O)c1cccnc1Nc1cccc(F)c1)c1nnnn1-c1ccccc1. The lowest BCUT2D eigenvalue weighted by Crippen LogP contribution is -2.29. The Hall–Kier alpha value is -4.14. The summed E-state index contributed by atoms with van der Waals surface area (Å²) in [6, 6.07) is 18.1. The first kappa shape index (κ1) is 19.2. The van der Waals surface area contributed by atoms with Crippen LogP contribution in [0.4, 0.5) is 15.9 Å². The number of tetrazole rings is 1. The number of para-hydroxylation sites is 1. The van der Waals surface area contributed by atoms with Crippen LogP contribution < -0.4 is 10.6 Å². The average Bonchev–Trinajstić information content (AvgIpc) is 3.25. The van der Waals surface area contributed by atoms with E-state index < -0.39 is 6.04 Å². The number of anilines is 2. The first-order valence-corrected chi connectivity index (χ1v) is 9.24. The van der Waals surface area contributed by atoms with Gasteiger partial charge in [0, 0.05) is 11.9 Å². The van der Waals surface area contributed by atoms with E-state index in [2.05, 4.69) is 31.1 Å². The Balaban J connectivity index is 1.55. The summed E-state index contributed by atoms with van der Waals surface area (Å²) >= 11 is 0. The van der Waals surface area contributed by atoms with Crippen LogP contribution in [0.1, 0.15) is 29.1 Å². The van der Waals surface area contributed by atoms with E-state index >= 15 is 0 Å². The van der Waals surface area contributed by atoms with Crippen LogP contribution in [0.15, 0.2) is 72.9 Å². The Morgan fingerprint density at radius 2 is 1.90 bits per heavy atom. The number of hydrogen-bond donors (Lipinski definition) is 2. The number of carbonyl (C=O) groups is 1. The van der Waals surface area contributed by atoms with Crippen LogP contribution in [-0.4, -0.2) is 31.1 Å². The Kier molecular flexibility index (Phi) is 5.42. The molecular weight excluding hydrogens is 385 g/mol. The third-order valence-corrected chi connectivity index (χ3v) is 4.37. The third-order valence-electron chi connectivity index (χ3n) is 4.37. The van der Waals surface area contributed by atoms with Gasteiger partial charge in [0.2, 0.25) is 0 Å². The van der Waals surface area contributed by atoms with Crippen molar-refractivity contribution in [2.75, 3.05) is 5.32 Å². The van der Waals surface area contributed by atoms with E-state index in [0.717, 1.165) is 5.69 Å². The van der Waals surface area contributed by atoms with Gasteiger partial charge >= 0.3 is 0 Å². The van der Waals surface area contributed by atoms with Gasteiger partial charge in [-0.2, -0.15) is 4.68 Å². The van der Waals surface area contributed by atoms with E-state index in [1.54, 1.807) is 42.1 Å². The summed E-state index contributed by atoms with van der Waals surface area (Å²) in [6.07, 6.45) is 1.55. The van der Waals surface area contributed by atoms with Gasteiger partial charge < -0.3 is 10.6 Å². The molecule has 8 nitrogen and oxygen atoms in total. The summed E-state index contributed by atoms with van der Waals surface area (Å²) in [7, 11) is 0. The van der Waals surface area contributed by atoms with Crippen molar-refractivity contribution in [3.05, 3.63) is 90.1 Å². The van der Waals surface area contributed by atoms with Gasteiger partial charge in [0.05, 0.1) is 17.3 Å². The molecule has 2 aromatic heterocycles. The second-order valence-electron chi connectivity index (χ2n) is 6.51. The molecule has 2 N–H and O–H groups in total. The molecule has 0 bridgehead atoms. The molecule has 2 heterocycles. The van der Waals surface area contributed by atoms with Crippen molar-refractivity contribution in [2.45, 2.75) is 13.0 Å². The highest BCUT2D eigenvalue weighted by Crippen LogP contribution is 2.20. The quantitative estimate of drug-likeness (QED) is 0.512. The molecule has 0 radical (unpaired) electrons. The highest BCUT2D eigenvalue weighted by molar-refractivity contribution is 5.99. The molecule has 0 saturated carbocycles. The smallest absolute Gasteiger partial charge is 0.255 e. The summed E-state index contributed by atoms with van der Waals surface area (Å²) in [5.41, 5.74) is 1.59. The van der Waals surface area contributed by atoms with E-state index in [-0.39, 0.29) is 11.7 Å². The predicted octanol–water partition coefficient (Wildman–Crippen LogP) is 3.43. The van der Waals surface area contributed by atoms with Crippen LogP contribution in [-0.2, 0) is 0 Å². The molecule has 9 heteroatoms. The highest BCUT2D eigenvalue weighted by Gasteiger charge is 2.20. The molecule has 1 amide bonds. The second kappa shape index (κ2) is 8.48. The maximum atomic E-state index is 13.5. The molecule has 150 valence electrons. The number of benzene rings is 2. The van der Waals surface area contributed by atoms with Crippen LogP contribution >= 0.6 is 0 Å². The van der Waals surface area contributed by atoms with Crippen molar-refractivity contribution < 1.29 is 9.18 Å². The fourth-order valence-electron chi connectivity index (χ4n) is 2.95. The number of carbonyl (C=O) groups excluding carboxylic acids is 1. The maximum absolute atomic E-state index is 13.5. The summed E-state index contributed by atoms with van der Waals surface area (Å²) in [5.74, 6) is 0.0500. The van der Waals surface area contributed by atoms with Crippen LogP contribution in [0.3, 0.4) is 0 Å². The van der Waals surface area contributed by atoms with Gasteiger partial charge in [-0.05, 0) is 59.8 Å². The van der Waals surface area contributed by atoms with Crippen LogP contribution in [0.5, 0.6) is 0 Å². The zero-order valence-electron chi connectivity index (χ0n) is 16.0. The zero-order chi connectivity index (χ0) is 20.9. The van der Waals surface area contributed by atoms with Gasteiger partial charge in [-0.3, -0.25) is 4.79 Å². The van der Waals surface area contributed by atoms with Crippen LogP contribution in [0, 0.1) is 5.82 Å². The van der Waals surface area contributed by atoms with Gasteiger partial charge in [0.25, 0.3) is 5.91 Å². The molecule has 1 unspecified atom stereocenters. The lowest BCUT2D eigenvalue weighted by atomic mass is 10.2. The molecule has 0 aliphatic rings. The van der Waals surface area contributed by atoms with E-state index in [1.165, 1.54) is 12.1 Å². The number of halogens is 1. The van der Waals surface area contributed by atoms with Gasteiger partial charge in [0.1, 0.15) is 11.6 Å². The molecule has 2 aromatic carbocycles.